The minimum Gasteiger partial charge on any atom is -0.325 e. The van der Waals surface area contributed by atoms with Crippen LogP contribution in [0.3, 0.4) is 0 Å². The quantitative estimate of drug-likeness (QED) is 0.742. The van der Waals surface area contributed by atoms with Gasteiger partial charge in [-0.15, -0.1) is 0 Å². The summed E-state index contributed by atoms with van der Waals surface area (Å²) in [7, 11) is 0. The van der Waals surface area contributed by atoms with Gasteiger partial charge < -0.3 is 5.32 Å². The lowest BCUT2D eigenvalue weighted by Crippen LogP contribution is -2.08. The fourth-order valence-electron chi connectivity index (χ4n) is 1.55. The number of hydrogen-bond acceptors (Lipinski definition) is 1. The van der Waals surface area contributed by atoms with E-state index in [2.05, 4.69) is 27.3 Å². The number of hydrogen-bond donors (Lipinski definition) is 1. The fourth-order valence-corrected chi connectivity index (χ4v) is 1.90. The van der Waals surface area contributed by atoms with E-state index in [9.17, 15) is 4.79 Å². The normalized spacial score (nSPS) is 19.9. The van der Waals surface area contributed by atoms with Crippen LogP contribution < -0.4 is 5.32 Å². The van der Waals surface area contributed by atoms with Crippen LogP contribution in [0.25, 0.3) is 0 Å². The van der Waals surface area contributed by atoms with Crippen molar-refractivity contribution in [3.63, 3.8) is 0 Å². The number of carbonyl (C=O) groups is 1. The van der Waals surface area contributed by atoms with Crippen LogP contribution in [-0.2, 0) is 4.79 Å². The van der Waals surface area contributed by atoms with E-state index in [1.165, 1.54) is 5.56 Å². The van der Waals surface area contributed by atoms with E-state index in [0.717, 1.165) is 15.7 Å². The standard InChI is InChI=1S/C10H10BrNO/c1-5-3-7-6(2)10(13)12-9(7)4-8(5)11/h3-4,6H,1-2H3,(H,12,13). The summed E-state index contributed by atoms with van der Waals surface area (Å²) in [6, 6.07) is 4.02. The second-order valence-corrected chi connectivity index (χ2v) is 4.25. The molecule has 0 fully saturated rings. The zero-order valence-corrected chi connectivity index (χ0v) is 9.10. The number of carbonyl (C=O) groups excluding carboxylic acids is 1. The molecule has 0 aliphatic carbocycles. The van der Waals surface area contributed by atoms with Crippen LogP contribution in [0.1, 0.15) is 24.0 Å². The molecule has 0 aromatic heterocycles. The molecule has 2 rings (SSSR count). The minimum absolute atomic E-state index is 0.0122. The molecule has 1 aromatic rings. The largest absolute Gasteiger partial charge is 0.325 e. The molecule has 68 valence electrons. The predicted molar refractivity (Wildman–Crippen MR) is 55.9 cm³/mol. The van der Waals surface area contributed by atoms with Crippen molar-refractivity contribution in [1.29, 1.82) is 0 Å². The Balaban J connectivity index is 2.59. The van der Waals surface area contributed by atoms with Crippen molar-refractivity contribution in [1.82, 2.24) is 0 Å². The van der Waals surface area contributed by atoms with Gasteiger partial charge >= 0.3 is 0 Å². The molecule has 2 nitrogen and oxygen atoms in total. The van der Waals surface area contributed by atoms with E-state index >= 15 is 0 Å². The third-order valence-electron chi connectivity index (χ3n) is 2.45. The Kier molecular flexibility index (Phi) is 1.91. The highest BCUT2D eigenvalue weighted by molar-refractivity contribution is 9.10. The Morgan fingerprint density at radius 2 is 2.15 bits per heavy atom. The van der Waals surface area contributed by atoms with Crippen LogP contribution in [0.2, 0.25) is 0 Å². The van der Waals surface area contributed by atoms with Crippen molar-refractivity contribution in [3.05, 3.63) is 27.7 Å². The number of halogens is 1. The van der Waals surface area contributed by atoms with E-state index in [1.807, 2.05) is 19.9 Å². The van der Waals surface area contributed by atoms with Crippen molar-refractivity contribution < 1.29 is 4.79 Å². The molecule has 0 bridgehead atoms. The Bertz CT molecular complexity index is 387. The van der Waals surface area contributed by atoms with Crippen LogP contribution in [-0.4, -0.2) is 5.91 Å². The van der Waals surface area contributed by atoms with Gasteiger partial charge in [-0.25, -0.2) is 0 Å². The number of aryl methyl sites for hydroxylation is 1. The van der Waals surface area contributed by atoms with Gasteiger partial charge in [-0.1, -0.05) is 22.0 Å². The van der Waals surface area contributed by atoms with E-state index in [-0.39, 0.29) is 11.8 Å². The van der Waals surface area contributed by atoms with Gasteiger partial charge in [0.05, 0.1) is 5.92 Å². The second-order valence-electron chi connectivity index (χ2n) is 3.40. The molecule has 3 heteroatoms. The first-order chi connectivity index (χ1) is 6.09. The predicted octanol–water partition coefficient (Wildman–Crippen LogP) is 2.81. The van der Waals surface area contributed by atoms with Gasteiger partial charge in [0.1, 0.15) is 0 Å². The maximum Gasteiger partial charge on any atom is 0.231 e. The van der Waals surface area contributed by atoms with Gasteiger partial charge in [-0.2, -0.15) is 0 Å². The van der Waals surface area contributed by atoms with Gasteiger partial charge in [-0.3, -0.25) is 4.79 Å². The molecule has 1 atom stereocenters. The molecule has 1 aliphatic rings. The average molecular weight is 240 g/mol. The number of amides is 1. The number of rotatable bonds is 0. The molecule has 1 aliphatic heterocycles. The SMILES string of the molecule is Cc1cc2c(cc1Br)NC(=O)C2C. The van der Waals surface area contributed by atoms with Gasteiger partial charge in [0.2, 0.25) is 5.91 Å². The lowest BCUT2D eigenvalue weighted by atomic mass is 10.0. The van der Waals surface area contributed by atoms with Crippen molar-refractivity contribution in [3.8, 4) is 0 Å². The third-order valence-corrected chi connectivity index (χ3v) is 3.30. The highest BCUT2D eigenvalue weighted by Gasteiger charge is 2.26. The molecule has 1 N–H and O–H groups in total. The molecule has 1 amide bonds. The van der Waals surface area contributed by atoms with Crippen LogP contribution >= 0.6 is 15.9 Å². The summed E-state index contributed by atoms with van der Waals surface area (Å²) in [6.45, 7) is 3.95. The smallest absolute Gasteiger partial charge is 0.231 e. The first-order valence-electron chi connectivity index (χ1n) is 4.20. The summed E-state index contributed by atoms with van der Waals surface area (Å²) >= 11 is 3.44. The fraction of sp³-hybridized carbons (Fsp3) is 0.300. The van der Waals surface area contributed by atoms with Crippen LogP contribution in [0.4, 0.5) is 5.69 Å². The van der Waals surface area contributed by atoms with E-state index in [0.29, 0.717) is 0 Å². The van der Waals surface area contributed by atoms with Crippen LogP contribution in [0.15, 0.2) is 16.6 Å². The maximum atomic E-state index is 11.3. The summed E-state index contributed by atoms with van der Waals surface area (Å²) in [4.78, 5) is 11.3. The lowest BCUT2D eigenvalue weighted by molar-refractivity contribution is -0.116. The summed E-state index contributed by atoms with van der Waals surface area (Å²) in [6.07, 6.45) is 0. The van der Waals surface area contributed by atoms with Crippen molar-refractivity contribution in [2.45, 2.75) is 19.8 Å². The van der Waals surface area contributed by atoms with Crippen molar-refractivity contribution in [2.24, 2.45) is 0 Å². The van der Waals surface area contributed by atoms with Gasteiger partial charge in [0.25, 0.3) is 0 Å². The summed E-state index contributed by atoms with van der Waals surface area (Å²) in [5, 5.41) is 2.85. The summed E-state index contributed by atoms with van der Waals surface area (Å²) < 4.78 is 1.04. The Labute approximate surface area is 85.5 Å². The minimum atomic E-state index is -0.0122. The molecule has 1 unspecified atom stereocenters. The number of benzene rings is 1. The molecule has 13 heavy (non-hydrogen) atoms. The first kappa shape index (κ1) is 8.75. The maximum absolute atomic E-state index is 11.3. The second kappa shape index (κ2) is 2.84. The summed E-state index contributed by atoms with van der Waals surface area (Å²) in [5.74, 6) is 0.0781. The van der Waals surface area contributed by atoms with Crippen molar-refractivity contribution in [2.75, 3.05) is 5.32 Å². The van der Waals surface area contributed by atoms with Crippen molar-refractivity contribution >= 4 is 27.5 Å². The molecule has 1 aromatic carbocycles. The topological polar surface area (TPSA) is 29.1 Å². The van der Waals surface area contributed by atoms with E-state index < -0.39 is 0 Å². The number of nitrogens with one attached hydrogen (secondary N) is 1. The Hall–Kier alpha value is -0.830. The summed E-state index contributed by atoms with van der Waals surface area (Å²) in [5.41, 5.74) is 3.21. The van der Waals surface area contributed by atoms with Gasteiger partial charge in [0.15, 0.2) is 0 Å². The molecule has 1 heterocycles. The molecular weight excluding hydrogens is 230 g/mol. The Morgan fingerprint density at radius 1 is 1.46 bits per heavy atom. The zero-order chi connectivity index (χ0) is 9.59. The van der Waals surface area contributed by atoms with Gasteiger partial charge in [-0.05, 0) is 31.0 Å². The van der Waals surface area contributed by atoms with Crippen LogP contribution in [0.5, 0.6) is 0 Å². The third kappa shape index (κ3) is 1.27. The van der Waals surface area contributed by atoms with Gasteiger partial charge in [0, 0.05) is 10.2 Å². The van der Waals surface area contributed by atoms with E-state index in [1.54, 1.807) is 0 Å². The molecule has 0 saturated heterocycles. The van der Waals surface area contributed by atoms with E-state index in [4.69, 9.17) is 0 Å². The highest BCUT2D eigenvalue weighted by Crippen LogP contribution is 2.35. The van der Waals surface area contributed by atoms with Crippen LogP contribution in [0, 0.1) is 6.92 Å². The molecule has 0 saturated carbocycles. The lowest BCUT2D eigenvalue weighted by Gasteiger charge is -2.04. The molecular formula is C10H10BrNO. The number of fused-ring (bicyclic) bond motifs is 1. The Morgan fingerprint density at radius 3 is 2.85 bits per heavy atom. The number of anilines is 1. The average Bonchev–Trinajstić information content (AvgIpc) is 2.32. The molecule has 0 spiro atoms. The highest BCUT2D eigenvalue weighted by atomic mass is 79.9. The molecule has 0 radical (unpaired) electrons. The monoisotopic (exact) mass is 239 g/mol. The zero-order valence-electron chi connectivity index (χ0n) is 7.52. The first-order valence-corrected chi connectivity index (χ1v) is 5.00.